The van der Waals surface area contributed by atoms with Crippen LogP contribution in [0.4, 0.5) is 5.82 Å². The van der Waals surface area contributed by atoms with Crippen molar-refractivity contribution in [1.29, 1.82) is 0 Å². The number of nitrogen functional groups attached to an aromatic ring is 1. The Labute approximate surface area is 109 Å². The molecule has 0 saturated heterocycles. The smallest absolute Gasteiger partial charge is 0.257 e. The van der Waals surface area contributed by atoms with Crippen molar-refractivity contribution in [3.8, 4) is 0 Å². The van der Waals surface area contributed by atoms with Crippen molar-refractivity contribution in [3.05, 3.63) is 27.3 Å². The minimum atomic E-state index is -0.237. The molecule has 0 saturated carbocycles. The molecule has 2 aromatic rings. The first kappa shape index (κ1) is 12.6. The number of nitrogens with zero attached hydrogens (tertiary/aromatic N) is 2. The number of thiazole rings is 1. The zero-order valence-corrected chi connectivity index (χ0v) is 11.3. The van der Waals surface area contributed by atoms with Gasteiger partial charge in [0.15, 0.2) is 5.82 Å². The predicted octanol–water partition coefficient (Wildman–Crippen LogP) is 1.56. The van der Waals surface area contributed by atoms with E-state index in [1.165, 1.54) is 11.3 Å². The molecule has 0 spiro atoms. The maximum absolute atomic E-state index is 12.1. The number of aryl methyl sites for hydroxylation is 2. The van der Waals surface area contributed by atoms with Crippen LogP contribution in [0.3, 0.4) is 0 Å². The van der Waals surface area contributed by atoms with Gasteiger partial charge in [0.05, 0.1) is 6.04 Å². The highest BCUT2D eigenvalue weighted by molar-refractivity contribution is 7.09. The number of hydrogen-bond donors (Lipinski definition) is 3. The van der Waals surface area contributed by atoms with Crippen molar-refractivity contribution in [2.45, 2.75) is 26.8 Å². The van der Waals surface area contributed by atoms with E-state index in [4.69, 9.17) is 5.73 Å². The molecule has 6 nitrogen and oxygen atoms in total. The van der Waals surface area contributed by atoms with Gasteiger partial charge in [0.25, 0.3) is 5.91 Å². The maximum atomic E-state index is 12.1. The molecule has 1 amide bonds. The highest BCUT2D eigenvalue weighted by Gasteiger charge is 2.19. The van der Waals surface area contributed by atoms with E-state index in [2.05, 4.69) is 20.5 Å². The third kappa shape index (κ3) is 2.35. The summed E-state index contributed by atoms with van der Waals surface area (Å²) in [5.41, 5.74) is 7.66. The van der Waals surface area contributed by atoms with Crippen molar-refractivity contribution in [1.82, 2.24) is 20.5 Å². The van der Waals surface area contributed by atoms with E-state index in [0.29, 0.717) is 11.3 Å². The number of hydrogen-bond acceptors (Lipinski definition) is 5. The molecule has 0 aliphatic heterocycles. The Morgan fingerprint density at radius 3 is 2.78 bits per heavy atom. The number of rotatable bonds is 3. The lowest BCUT2D eigenvalue weighted by Crippen LogP contribution is -2.27. The molecule has 0 aromatic carbocycles. The van der Waals surface area contributed by atoms with Gasteiger partial charge in [0.2, 0.25) is 0 Å². The number of nitrogens with one attached hydrogen (secondary N) is 2. The predicted molar refractivity (Wildman–Crippen MR) is 70.5 cm³/mol. The summed E-state index contributed by atoms with van der Waals surface area (Å²) in [6, 6.07) is -0.148. The Morgan fingerprint density at radius 1 is 1.56 bits per heavy atom. The fourth-order valence-electron chi connectivity index (χ4n) is 1.64. The van der Waals surface area contributed by atoms with Gasteiger partial charge in [-0.05, 0) is 20.8 Å². The Balaban J connectivity index is 2.13. The molecule has 2 heterocycles. The number of carbonyl (C=O) groups excluding carboxylic acids is 1. The van der Waals surface area contributed by atoms with Crippen molar-refractivity contribution >= 4 is 23.1 Å². The van der Waals surface area contributed by atoms with Crippen LogP contribution in [-0.2, 0) is 0 Å². The van der Waals surface area contributed by atoms with E-state index in [-0.39, 0.29) is 17.8 Å². The molecule has 4 N–H and O–H groups in total. The standard InChI is InChI=1S/C11H15N5OS/c1-5-4-18-11(13-5)7(3)14-10(17)8-6(2)15-16-9(8)12/h4,7H,1-3H3,(H,14,17)(H3,12,15,16). The molecule has 1 atom stereocenters. The summed E-state index contributed by atoms with van der Waals surface area (Å²) < 4.78 is 0. The van der Waals surface area contributed by atoms with E-state index < -0.39 is 0 Å². The minimum absolute atomic E-state index is 0.148. The highest BCUT2D eigenvalue weighted by atomic mass is 32.1. The van der Waals surface area contributed by atoms with Crippen LogP contribution in [0.25, 0.3) is 0 Å². The Kier molecular flexibility index (Phi) is 3.33. The summed E-state index contributed by atoms with van der Waals surface area (Å²) in [5.74, 6) is -0.0216. The summed E-state index contributed by atoms with van der Waals surface area (Å²) >= 11 is 1.52. The first-order valence-corrected chi connectivity index (χ1v) is 6.40. The molecular formula is C11H15N5OS. The number of aromatic nitrogens is 3. The zero-order valence-electron chi connectivity index (χ0n) is 10.4. The fourth-order valence-corrected chi connectivity index (χ4v) is 2.44. The summed E-state index contributed by atoms with van der Waals surface area (Å²) in [4.78, 5) is 16.4. The van der Waals surface area contributed by atoms with E-state index in [1.54, 1.807) is 6.92 Å². The van der Waals surface area contributed by atoms with E-state index >= 15 is 0 Å². The second-order valence-corrected chi connectivity index (χ2v) is 5.02. The molecule has 0 aliphatic carbocycles. The van der Waals surface area contributed by atoms with Crippen molar-refractivity contribution < 1.29 is 4.79 Å². The van der Waals surface area contributed by atoms with Crippen molar-refractivity contribution in [2.75, 3.05) is 5.73 Å². The number of H-pyrrole nitrogens is 1. The normalized spacial score (nSPS) is 12.4. The topological polar surface area (TPSA) is 96.7 Å². The SMILES string of the molecule is Cc1csc(C(C)NC(=O)c2c(N)n[nH]c2C)n1. The van der Waals surface area contributed by atoms with Crippen molar-refractivity contribution in [2.24, 2.45) is 0 Å². The minimum Gasteiger partial charge on any atom is -0.382 e. The lowest BCUT2D eigenvalue weighted by Gasteiger charge is -2.11. The van der Waals surface area contributed by atoms with Gasteiger partial charge in [-0.25, -0.2) is 4.98 Å². The lowest BCUT2D eigenvalue weighted by molar-refractivity contribution is 0.0940. The molecule has 0 radical (unpaired) electrons. The van der Waals surface area contributed by atoms with Gasteiger partial charge < -0.3 is 11.1 Å². The van der Waals surface area contributed by atoms with Crippen LogP contribution < -0.4 is 11.1 Å². The second-order valence-electron chi connectivity index (χ2n) is 4.13. The largest absolute Gasteiger partial charge is 0.382 e. The quantitative estimate of drug-likeness (QED) is 0.784. The molecule has 2 aromatic heterocycles. The maximum Gasteiger partial charge on any atom is 0.257 e. The van der Waals surface area contributed by atoms with Crippen LogP contribution >= 0.6 is 11.3 Å². The molecule has 0 bridgehead atoms. The van der Waals surface area contributed by atoms with Gasteiger partial charge in [0, 0.05) is 16.8 Å². The number of amides is 1. The molecule has 96 valence electrons. The third-order valence-electron chi connectivity index (χ3n) is 2.56. The van der Waals surface area contributed by atoms with Gasteiger partial charge in [-0.1, -0.05) is 0 Å². The van der Waals surface area contributed by atoms with Crippen molar-refractivity contribution in [3.63, 3.8) is 0 Å². The molecule has 0 fully saturated rings. The average molecular weight is 265 g/mol. The molecule has 2 rings (SSSR count). The first-order valence-electron chi connectivity index (χ1n) is 5.52. The van der Waals surface area contributed by atoms with E-state index in [9.17, 15) is 4.79 Å². The summed E-state index contributed by atoms with van der Waals surface area (Å²) in [5, 5.41) is 12.2. The second kappa shape index (κ2) is 4.77. The van der Waals surface area contributed by atoms with Gasteiger partial charge >= 0.3 is 0 Å². The van der Waals surface area contributed by atoms with Crippen LogP contribution in [0.2, 0.25) is 0 Å². The molecule has 1 unspecified atom stereocenters. The number of aromatic amines is 1. The fraction of sp³-hybridized carbons (Fsp3) is 0.364. The lowest BCUT2D eigenvalue weighted by atomic mass is 10.2. The summed E-state index contributed by atoms with van der Waals surface area (Å²) in [6.07, 6.45) is 0. The Hall–Kier alpha value is -1.89. The Bertz CT molecular complexity index is 554. The number of nitrogens with two attached hydrogens (primary N) is 1. The third-order valence-corrected chi connectivity index (χ3v) is 3.70. The van der Waals surface area contributed by atoms with Gasteiger partial charge in [-0.15, -0.1) is 11.3 Å². The first-order chi connectivity index (χ1) is 8.49. The average Bonchev–Trinajstić information content (AvgIpc) is 2.85. The highest BCUT2D eigenvalue weighted by Crippen LogP contribution is 2.19. The summed E-state index contributed by atoms with van der Waals surface area (Å²) in [7, 11) is 0. The molecule has 0 aliphatic rings. The van der Waals surface area contributed by atoms with E-state index in [1.807, 2.05) is 19.2 Å². The Morgan fingerprint density at radius 2 is 2.28 bits per heavy atom. The van der Waals surface area contributed by atoms with Gasteiger partial charge in [-0.2, -0.15) is 5.10 Å². The van der Waals surface area contributed by atoms with Crippen LogP contribution in [-0.4, -0.2) is 21.1 Å². The van der Waals surface area contributed by atoms with Crippen LogP contribution in [0, 0.1) is 13.8 Å². The number of carbonyl (C=O) groups is 1. The van der Waals surface area contributed by atoms with Crippen LogP contribution in [0.5, 0.6) is 0 Å². The van der Waals surface area contributed by atoms with Gasteiger partial charge in [0.1, 0.15) is 10.6 Å². The van der Waals surface area contributed by atoms with E-state index in [0.717, 1.165) is 10.7 Å². The molecular weight excluding hydrogens is 250 g/mol. The monoisotopic (exact) mass is 265 g/mol. The molecule has 18 heavy (non-hydrogen) atoms. The molecule has 7 heteroatoms. The van der Waals surface area contributed by atoms with Crippen LogP contribution in [0.15, 0.2) is 5.38 Å². The van der Waals surface area contributed by atoms with Gasteiger partial charge in [-0.3, -0.25) is 9.89 Å². The zero-order chi connectivity index (χ0) is 13.3. The summed E-state index contributed by atoms with van der Waals surface area (Å²) in [6.45, 7) is 5.57. The van der Waals surface area contributed by atoms with Crippen LogP contribution in [0.1, 0.15) is 39.7 Å². The number of anilines is 1.